The Morgan fingerprint density at radius 1 is 1.10 bits per heavy atom. The number of aromatic nitrogens is 2. The van der Waals surface area contributed by atoms with Gasteiger partial charge in [-0.1, -0.05) is 42.5 Å². The fourth-order valence-electron chi connectivity index (χ4n) is 2.69. The quantitative estimate of drug-likeness (QED) is 0.453. The molecule has 0 aliphatic rings. The van der Waals surface area contributed by atoms with E-state index in [9.17, 15) is 18.0 Å². The molecule has 0 radical (unpaired) electrons. The minimum absolute atomic E-state index is 0.0210. The predicted octanol–water partition coefficient (Wildman–Crippen LogP) is 5.14. The van der Waals surface area contributed by atoms with Crippen molar-refractivity contribution < 1.29 is 27.8 Å². The van der Waals surface area contributed by atoms with Crippen LogP contribution in [0.25, 0.3) is 11.1 Å². The number of anilines is 1. The summed E-state index contributed by atoms with van der Waals surface area (Å²) in [5.74, 6) is 0.309. The molecule has 1 aromatic heterocycles. The third kappa shape index (κ3) is 5.22. The Labute approximate surface area is 164 Å². The van der Waals surface area contributed by atoms with Crippen LogP contribution in [0, 0.1) is 6.92 Å². The molecule has 1 heterocycles. The fraction of sp³-hybridized carbons (Fsp3) is 0.150. The monoisotopic (exact) mass is 403 g/mol. The number of aryl methyl sites for hydroxylation is 1. The summed E-state index contributed by atoms with van der Waals surface area (Å²) in [4.78, 5) is 18.2. The molecule has 0 bridgehead atoms. The summed E-state index contributed by atoms with van der Waals surface area (Å²) in [6.07, 6.45) is -5.95. The second-order valence-corrected chi connectivity index (χ2v) is 6.10. The van der Waals surface area contributed by atoms with Crippen LogP contribution < -0.4 is 10.1 Å². The van der Waals surface area contributed by atoms with Crippen LogP contribution in [-0.4, -0.2) is 21.2 Å². The van der Waals surface area contributed by atoms with E-state index >= 15 is 0 Å². The zero-order chi connectivity index (χ0) is 21.0. The van der Waals surface area contributed by atoms with Crippen LogP contribution >= 0.6 is 0 Å². The molecule has 29 heavy (non-hydrogen) atoms. The van der Waals surface area contributed by atoms with Gasteiger partial charge in [0.1, 0.15) is 23.1 Å². The van der Waals surface area contributed by atoms with E-state index in [2.05, 4.69) is 15.3 Å². The zero-order valence-corrected chi connectivity index (χ0v) is 15.2. The molecular formula is C20H16F3N3O3. The van der Waals surface area contributed by atoms with Crippen molar-refractivity contribution in [3.63, 3.8) is 0 Å². The Bertz CT molecular complexity index is 1020. The lowest BCUT2D eigenvalue weighted by Gasteiger charge is -2.11. The molecule has 0 aliphatic carbocycles. The van der Waals surface area contributed by atoms with E-state index in [0.717, 1.165) is 17.2 Å². The average molecular weight is 403 g/mol. The summed E-state index contributed by atoms with van der Waals surface area (Å²) in [7, 11) is 0. The van der Waals surface area contributed by atoms with Crippen LogP contribution in [0.2, 0.25) is 0 Å². The van der Waals surface area contributed by atoms with Gasteiger partial charge in [0, 0.05) is 18.2 Å². The number of halogens is 3. The Morgan fingerprint density at radius 3 is 2.45 bits per heavy atom. The molecule has 0 spiro atoms. The molecule has 9 heteroatoms. The number of hydrogen-bond donors (Lipinski definition) is 2. The molecule has 0 fully saturated rings. The first-order valence-corrected chi connectivity index (χ1v) is 8.48. The number of hydrogen-bond acceptors (Lipinski definition) is 5. The first-order chi connectivity index (χ1) is 13.7. The van der Waals surface area contributed by atoms with Crippen molar-refractivity contribution >= 4 is 12.0 Å². The molecule has 0 aliphatic heterocycles. The molecule has 2 N–H and O–H groups in total. The largest absolute Gasteiger partial charge is 0.511 e. The molecule has 3 aromatic rings. The molecule has 0 unspecified atom stereocenters. The maximum atomic E-state index is 12.9. The third-order valence-corrected chi connectivity index (χ3v) is 3.95. The lowest BCUT2D eigenvalue weighted by atomic mass is 10.0. The van der Waals surface area contributed by atoms with Gasteiger partial charge in [-0.3, -0.25) is 0 Å². The Kier molecular flexibility index (Phi) is 5.67. The number of para-hydroxylation sites is 1. The van der Waals surface area contributed by atoms with Crippen LogP contribution in [0.3, 0.4) is 0 Å². The minimum Gasteiger partial charge on any atom is -0.449 e. The van der Waals surface area contributed by atoms with Crippen LogP contribution in [0.15, 0.2) is 54.6 Å². The van der Waals surface area contributed by atoms with Gasteiger partial charge in [0.15, 0.2) is 0 Å². The predicted molar refractivity (Wildman–Crippen MR) is 99.6 cm³/mol. The molecule has 0 amide bonds. The van der Waals surface area contributed by atoms with Crippen molar-refractivity contribution in [3.05, 3.63) is 71.7 Å². The van der Waals surface area contributed by atoms with Crippen LogP contribution in [0.4, 0.5) is 23.8 Å². The highest BCUT2D eigenvalue weighted by molar-refractivity contribution is 5.74. The number of nitrogens with one attached hydrogen (secondary N) is 1. The van der Waals surface area contributed by atoms with E-state index < -0.39 is 18.0 Å². The summed E-state index contributed by atoms with van der Waals surface area (Å²) < 4.78 is 43.4. The van der Waals surface area contributed by atoms with Gasteiger partial charge in [0.05, 0.1) is 0 Å². The molecule has 6 nitrogen and oxygen atoms in total. The second-order valence-electron chi connectivity index (χ2n) is 6.10. The summed E-state index contributed by atoms with van der Waals surface area (Å²) in [5, 5.41) is 11.7. The number of ether oxygens (including phenoxy) is 1. The fourth-order valence-corrected chi connectivity index (χ4v) is 2.69. The van der Waals surface area contributed by atoms with Gasteiger partial charge < -0.3 is 15.2 Å². The first-order valence-electron chi connectivity index (χ1n) is 8.48. The highest BCUT2D eigenvalue weighted by Crippen LogP contribution is 2.31. The molecule has 150 valence electrons. The van der Waals surface area contributed by atoms with Gasteiger partial charge in [-0.15, -0.1) is 0 Å². The maximum Gasteiger partial charge on any atom is 0.511 e. The van der Waals surface area contributed by atoms with E-state index in [0.29, 0.717) is 5.56 Å². The summed E-state index contributed by atoms with van der Waals surface area (Å²) in [5.41, 5.74) is 1.14. The highest BCUT2D eigenvalue weighted by Gasteiger charge is 2.33. The molecule has 0 saturated heterocycles. The van der Waals surface area contributed by atoms with Gasteiger partial charge in [0.25, 0.3) is 0 Å². The van der Waals surface area contributed by atoms with Crippen molar-refractivity contribution in [2.45, 2.75) is 19.6 Å². The number of carboxylic acid groups (broad SMARTS) is 1. The Morgan fingerprint density at radius 2 is 1.79 bits per heavy atom. The summed E-state index contributed by atoms with van der Waals surface area (Å²) >= 11 is 0. The van der Waals surface area contributed by atoms with Gasteiger partial charge in [-0.05, 0) is 24.1 Å². The second kappa shape index (κ2) is 8.17. The SMILES string of the molecule is Cc1nc(NCc2ccc(-c3ccccc3OC(=O)O)cc2)cc(C(F)(F)F)n1. The van der Waals surface area contributed by atoms with Crippen LogP contribution in [0.1, 0.15) is 17.1 Å². The number of benzene rings is 2. The van der Waals surface area contributed by atoms with Crippen LogP contribution in [-0.2, 0) is 12.7 Å². The Hall–Kier alpha value is -3.62. The van der Waals surface area contributed by atoms with Gasteiger partial charge in [-0.2, -0.15) is 13.2 Å². The first kappa shape index (κ1) is 20.1. The molecular weight excluding hydrogens is 387 g/mol. The lowest BCUT2D eigenvalue weighted by Crippen LogP contribution is -2.12. The molecule has 2 aromatic carbocycles. The van der Waals surface area contributed by atoms with E-state index in [-0.39, 0.29) is 23.9 Å². The molecule has 0 saturated carbocycles. The molecule has 0 atom stereocenters. The van der Waals surface area contributed by atoms with Crippen molar-refractivity contribution in [2.24, 2.45) is 0 Å². The lowest BCUT2D eigenvalue weighted by molar-refractivity contribution is -0.141. The van der Waals surface area contributed by atoms with Crippen molar-refractivity contribution in [2.75, 3.05) is 5.32 Å². The normalized spacial score (nSPS) is 11.2. The summed E-state index contributed by atoms with van der Waals surface area (Å²) in [6.45, 7) is 1.65. The third-order valence-electron chi connectivity index (χ3n) is 3.95. The maximum absolute atomic E-state index is 12.9. The highest BCUT2D eigenvalue weighted by atomic mass is 19.4. The molecule has 3 rings (SSSR count). The van der Waals surface area contributed by atoms with Crippen molar-refractivity contribution in [1.29, 1.82) is 0 Å². The van der Waals surface area contributed by atoms with E-state index in [1.807, 2.05) is 0 Å². The number of nitrogens with zero attached hydrogens (tertiary/aromatic N) is 2. The standard InChI is InChI=1S/C20H16F3N3O3/c1-12-25-17(20(21,22)23)10-18(26-12)24-11-13-6-8-14(9-7-13)15-4-2-3-5-16(15)29-19(27)28/h2-10H,11H2,1H3,(H,27,28)(H,24,25,26). The zero-order valence-electron chi connectivity index (χ0n) is 15.2. The van der Waals surface area contributed by atoms with Crippen molar-refractivity contribution in [3.8, 4) is 16.9 Å². The Balaban J connectivity index is 1.74. The van der Waals surface area contributed by atoms with E-state index in [4.69, 9.17) is 9.84 Å². The topological polar surface area (TPSA) is 84.3 Å². The van der Waals surface area contributed by atoms with E-state index in [1.54, 1.807) is 48.5 Å². The van der Waals surface area contributed by atoms with E-state index in [1.165, 1.54) is 6.92 Å². The minimum atomic E-state index is -4.54. The number of carbonyl (C=O) groups is 1. The smallest absolute Gasteiger partial charge is 0.449 e. The number of rotatable bonds is 5. The average Bonchev–Trinajstić information content (AvgIpc) is 2.66. The van der Waals surface area contributed by atoms with Crippen LogP contribution in [0.5, 0.6) is 5.75 Å². The summed E-state index contributed by atoms with van der Waals surface area (Å²) in [6, 6.07) is 14.7. The van der Waals surface area contributed by atoms with Gasteiger partial charge >= 0.3 is 12.3 Å². The number of alkyl halides is 3. The van der Waals surface area contributed by atoms with Crippen molar-refractivity contribution in [1.82, 2.24) is 9.97 Å². The van der Waals surface area contributed by atoms with Gasteiger partial charge in [0.2, 0.25) is 0 Å². The van der Waals surface area contributed by atoms with Gasteiger partial charge in [-0.25, -0.2) is 14.8 Å².